The number of aliphatic hydroxyl groups is 1. The molecule has 2 aromatic rings. The number of unbranched alkanes of at least 4 members (excludes halogenated alkanes) is 3. The lowest BCUT2D eigenvalue weighted by molar-refractivity contribution is -0.139. The maximum absolute atomic E-state index is 13.9. The van der Waals surface area contributed by atoms with Gasteiger partial charge in [-0.25, -0.2) is 4.79 Å². The van der Waals surface area contributed by atoms with Crippen LogP contribution >= 0.6 is 33.3 Å². The molecule has 7 unspecified atom stereocenters. The third-order valence-electron chi connectivity index (χ3n) is 18.0. The van der Waals surface area contributed by atoms with E-state index in [-0.39, 0.29) is 182 Å². The smallest absolute Gasteiger partial charge is 0.314 e. The molecule has 0 bridgehead atoms. The van der Waals surface area contributed by atoms with Gasteiger partial charge in [-0.05, 0) is 88.8 Å². The first-order chi connectivity index (χ1) is 57.8. The van der Waals surface area contributed by atoms with Crippen molar-refractivity contribution in [3.8, 4) is 23.3 Å². The first-order valence-corrected chi connectivity index (χ1v) is 43.6. The van der Waals surface area contributed by atoms with Gasteiger partial charge in [0.05, 0.1) is 63.2 Å². The normalized spacial score (nSPS) is 13.3. The van der Waals surface area contributed by atoms with Crippen molar-refractivity contribution in [1.82, 2.24) is 78.6 Å². The Morgan fingerprint density at radius 2 is 1.09 bits per heavy atom. The van der Waals surface area contributed by atoms with Crippen LogP contribution in [0.15, 0.2) is 41.3 Å². The van der Waals surface area contributed by atoms with Crippen LogP contribution in [-0.4, -0.2) is 271 Å². The molecule has 676 valence electrons. The molecule has 0 saturated carbocycles. The van der Waals surface area contributed by atoms with Gasteiger partial charge >= 0.3 is 12.0 Å². The van der Waals surface area contributed by atoms with Crippen molar-refractivity contribution in [1.29, 1.82) is 0 Å². The zero-order chi connectivity index (χ0) is 89.6. The van der Waals surface area contributed by atoms with Crippen molar-refractivity contribution in [2.45, 2.75) is 198 Å². The quantitative estimate of drug-likeness (QED) is 0.00688. The molecule has 1 aromatic heterocycles. The monoisotopic (exact) mass is 1760 g/mol. The Balaban J connectivity index is 1.48. The number of aliphatic hydroxyl groups excluding tert-OH is 1. The molecule has 41 nitrogen and oxygen atoms in total. The number of ketones is 1. The number of ether oxygens (including phenoxy) is 4. The summed E-state index contributed by atoms with van der Waals surface area (Å²) < 4.78 is 22.9. The number of aromatic hydroxyl groups is 2. The number of urea groups is 1. The number of aromatic nitrogens is 1. The van der Waals surface area contributed by atoms with Gasteiger partial charge in [-0.3, -0.25) is 81.4 Å². The number of methoxy groups -OCH3 is 1. The molecular formula is C77H121N17O24S3. The van der Waals surface area contributed by atoms with Gasteiger partial charge in [0, 0.05) is 146 Å². The molecule has 0 aliphatic carbocycles. The van der Waals surface area contributed by atoms with E-state index in [1.807, 2.05) is 0 Å². The third-order valence-corrected chi connectivity index (χ3v) is 21.5. The number of Topliss-reactive ketones (excluding diaryl/α,β-unsaturated/α-hetero) is 1. The van der Waals surface area contributed by atoms with E-state index in [1.165, 1.54) is 33.1 Å². The molecule has 0 saturated heterocycles. The fraction of sp³-hybridized carbons (Fsp3) is 0.623. The van der Waals surface area contributed by atoms with E-state index in [1.54, 1.807) is 48.4 Å². The summed E-state index contributed by atoms with van der Waals surface area (Å²) in [4.78, 5) is 216. The number of hydrogen-bond acceptors (Lipinski definition) is 28. The van der Waals surface area contributed by atoms with Crippen molar-refractivity contribution in [2.24, 2.45) is 17.4 Å². The fourth-order valence-corrected chi connectivity index (χ4v) is 14.1. The van der Waals surface area contributed by atoms with Crippen LogP contribution < -0.4 is 90.1 Å². The highest BCUT2D eigenvalue weighted by Gasteiger charge is 2.32. The van der Waals surface area contributed by atoms with Gasteiger partial charge in [-0.1, -0.05) is 48.4 Å². The fourth-order valence-electron chi connectivity index (χ4n) is 11.3. The van der Waals surface area contributed by atoms with Crippen molar-refractivity contribution >= 4 is 134 Å². The second-order valence-electron chi connectivity index (χ2n) is 27.7. The Kier molecular flexibility index (Phi) is 52.2. The largest absolute Gasteiger partial charge is 0.494 e. The number of carbonyl (C=O) groups excluding carboxylic acids is 17. The highest BCUT2D eigenvalue weighted by molar-refractivity contribution is 8.76. The van der Waals surface area contributed by atoms with E-state index in [0.717, 1.165) is 45.2 Å². The summed E-state index contributed by atoms with van der Waals surface area (Å²) in [6, 6.07) is -0.397. The number of amides is 16. The Morgan fingerprint density at radius 3 is 1.69 bits per heavy atom. The van der Waals surface area contributed by atoms with E-state index in [4.69, 9.17) is 30.4 Å². The van der Waals surface area contributed by atoms with Crippen LogP contribution in [0.25, 0.3) is 0 Å². The average Bonchev–Trinajstić information content (AvgIpc) is 1.73. The summed E-state index contributed by atoms with van der Waals surface area (Å²) in [7, 11) is 4.48. The minimum absolute atomic E-state index is 0.00517. The predicted molar refractivity (Wildman–Crippen MR) is 447 cm³/mol. The molecule has 0 radical (unpaired) electrons. The number of nitrogens with one attached hydrogen (secondary N) is 13. The standard InChI is InChI=1S/C77H121N17O24S3/c1-7-52(70(78)107)90-75(112)55(18-12-15-29-83-65(102)44-50-19-20-57(58(43-50)115-6)118-69(106)25-35-93-66(103)21-22-67(93)104)91-72(109)51(42-48(4)95)46-87-63(100)24-34-94-68(105)45-59(76(94)113)119-47-56(71(79)108)92-74(111)54(17-11-13-27-81-60(97)8-2)89-64(101)26-36-116-38-39-117-37-31-84-73(110)53(88-61(98)9-3)16-10-14-28-82-62(99)23-30-85-77(114)86-33-41-121-120-40-32-80-49(5)96/h19-22,43,45,51-56,70,105,107,113H,7-18,23-42,44,46-47,78H2,1-6H3,(H2,79,108)(H,80,96)(H,81,97)(H,82,99)(H,83,102)(H,84,110)(H,87,100)(H,88,98)(H,89,101)(H,90,112)(H,91,109)(H,92,111)(H2,85,86,114). The average molecular weight is 1770 g/mol. The molecule has 3 rings (SSSR count). The molecule has 1 aliphatic heterocycles. The number of rotatable bonds is 65. The second-order valence-corrected chi connectivity index (χ2v) is 31.5. The van der Waals surface area contributed by atoms with Crippen LogP contribution in [0.2, 0.25) is 0 Å². The van der Waals surface area contributed by atoms with E-state index >= 15 is 0 Å². The Morgan fingerprint density at radius 1 is 0.529 bits per heavy atom. The number of imide groups is 1. The van der Waals surface area contributed by atoms with Gasteiger partial charge in [-0.15, -0.1) is 11.8 Å². The SMILES string of the molecule is CCC(=O)NCCCCC(NC(=O)CCOCCOCCNC(=O)C(CCCCNC(=O)CCNC(=O)NCCSSCCNC(C)=O)NC(=O)CC)C(=O)NC(CSc1cc(O)n(CCC(=O)NCC(CC(C)=O)C(=O)NC(CCCCNC(=O)Cc2ccc(OC(=O)CCN3C(=O)C=CC3=O)c(OC)c2)C(=O)NC(CC)C(N)O)c1O)C(N)=O. The summed E-state index contributed by atoms with van der Waals surface area (Å²) in [5, 5.41) is 67.1. The summed E-state index contributed by atoms with van der Waals surface area (Å²) in [6.07, 6.45) is 2.74. The number of thioether (sulfide) groups is 1. The topological polar surface area (TPSA) is 604 Å². The lowest BCUT2D eigenvalue weighted by Crippen LogP contribution is -2.55. The molecule has 44 heteroatoms. The molecule has 20 N–H and O–H groups in total. The summed E-state index contributed by atoms with van der Waals surface area (Å²) >= 11 is 0.811. The van der Waals surface area contributed by atoms with Crippen molar-refractivity contribution in [3.63, 3.8) is 0 Å². The number of esters is 1. The molecule has 2 heterocycles. The molecule has 1 aliphatic rings. The molecule has 121 heavy (non-hydrogen) atoms. The summed E-state index contributed by atoms with van der Waals surface area (Å²) in [5.74, 6) is -9.50. The highest BCUT2D eigenvalue weighted by Crippen LogP contribution is 2.36. The number of hydrogen-bond donors (Lipinski definition) is 18. The van der Waals surface area contributed by atoms with Gasteiger partial charge in [0.25, 0.3) is 11.8 Å². The minimum atomic E-state index is -1.46. The maximum Gasteiger partial charge on any atom is 0.314 e. The van der Waals surface area contributed by atoms with Crippen molar-refractivity contribution in [2.75, 3.05) is 110 Å². The predicted octanol–water partition coefficient (Wildman–Crippen LogP) is -1.41. The lowest BCUT2D eigenvalue weighted by atomic mass is 10.00. The number of carbonyl (C=O) groups is 17. The van der Waals surface area contributed by atoms with Crippen LogP contribution in [0.1, 0.15) is 149 Å². The number of primary amides is 1. The van der Waals surface area contributed by atoms with Gasteiger partial charge in [0.15, 0.2) is 17.4 Å². The second kappa shape index (κ2) is 60.2. The molecule has 0 fully saturated rings. The molecule has 1 aromatic carbocycles. The zero-order valence-electron chi connectivity index (χ0n) is 69.4. The molecule has 16 amide bonds. The summed E-state index contributed by atoms with van der Waals surface area (Å²) in [6.45, 7) is 8.80. The molecule has 0 spiro atoms. The van der Waals surface area contributed by atoms with Crippen LogP contribution in [0.3, 0.4) is 0 Å². The van der Waals surface area contributed by atoms with E-state index in [2.05, 4.69) is 69.1 Å². The van der Waals surface area contributed by atoms with E-state index in [0.29, 0.717) is 69.5 Å². The van der Waals surface area contributed by atoms with Gasteiger partial charge in [0.1, 0.15) is 36.2 Å². The first-order valence-electron chi connectivity index (χ1n) is 40.2. The number of benzene rings is 1. The van der Waals surface area contributed by atoms with Crippen LogP contribution in [0.5, 0.6) is 23.3 Å². The minimum Gasteiger partial charge on any atom is -0.494 e. The Bertz CT molecular complexity index is 3760. The van der Waals surface area contributed by atoms with Gasteiger partial charge in [-0.2, -0.15) is 0 Å². The zero-order valence-corrected chi connectivity index (χ0v) is 71.9. The highest BCUT2D eigenvalue weighted by atomic mass is 33.1. The van der Waals surface area contributed by atoms with Crippen molar-refractivity contribution in [3.05, 3.63) is 42.0 Å². The van der Waals surface area contributed by atoms with Crippen molar-refractivity contribution < 1.29 is 116 Å². The number of nitrogens with zero attached hydrogens (tertiary/aromatic N) is 2. The lowest BCUT2D eigenvalue weighted by Gasteiger charge is -2.26. The van der Waals surface area contributed by atoms with Crippen LogP contribution in [0, 0.1) is 5.92 Å². The first kappa shape index (κ1) is 105. The van der Waals surface area contributed by atoms with Gasteiger partial charge < -0.3 is 120 Å². The van der Waals surface area contributed by atoms with Gasteiger partial charge in [0.2, 0.25) is 76.8 Å². The van der Waals surface area contributed by atoms with E-state index in [9.17, 15) is 96.8 Å². The Hall–Kier alpha value is -10.3. The Labute approximate surface area is 715 Å². The third kappa shape index (κ3) is 44.7. The summed E-state index contributed by atoms with van der Waals surface area (Å²) in [5.41, 5.74) is 11.9. The number of nitrogens with two attached hydrogens (primary N) is 2. The van der Waals surface area contributed by atoms with Crippen LogP contribution in [0.4, 0.5) is 4.79 Å². The molecule has 7 atom stereocenters. The molecular weight excluding hydrogens is 1640 g/mol. The van der Waals surface area contributed by atoms with E-state index < -0.39 is 144 Å². The van der Waals surface area contributed by atoms with Crippen LogP contribution in [-0.2, 0) is 99.2 Å². The maximum atomic E-state index is 13.9.